The van der Waals surface area contributed by atoms with Gasteiger partial charge in [0.05, 0.1) is 19.0 Å². The second-order valence-corrected chi connectivity index (χ2v) is 6.64. The fourth-order valence-corrected chi connectivity index (χ4v) is 3.16. The molecule has 8 heteroatoms. The van der Waals surface area contributed by atoms with E-state index in [4.69, 9.17) is 9.47 Å². The molecule has 0 unspecified atom stereocenters. The minimum absolute atomic E-state index is 0.297. The van der Waals surface area contributed by atoms with Crippen molar-refractivity contribution in [3.63, 3.8) is 0 Å². The molecule has 0 bridgehead atoms. The van der Waals surface area contributed by atoms with Crippen LogP contribution in [0.1, 0.15) is 11.1 Å². The van der Waals surface area contributed by atoms with Gasteiger partial charge in [0.2, 0.25) is 0 Å². The smallest absolute Gasteiger partial charge is 0.420 e. The Bertz CT molecular complexity index is 1170. The highest BCUT2D eigenvalue weighted by atomic mass is 19.4. The molecule has 4 aromatic rings. The molecule has 0 aliphatic carbocycles. The van der Waals surface area contributed by atoms with Crippen LogP contribution >= 0.6 is 0 Å². The van der Waals surface area contributed by atoms with Gasteiger partial charge in [-0.15, -0.1) is 0 Å². The Balaban J connectivity index is 1.79. The lowest BCUT2D eigenvalue weighted by molar-refractivity contribution is -0.137. The summed E-state index contributed by atoms with van der Waals surface area (Å²) < 4.78 is 53.1. The molecular weight excluding hydrogens is 407 g/mol. The molecule has 2 aromatic heterocycles. The lowest BCUT2D eigenvalue weighted by Gasteiger charge is -2.16. The van der Waals surface area contributed by atoms with Gasteiger partial charge in [0.1, 0.15) is 23.7 Å². The van der Waals surface area contributed by atoms with Gasteiger partial charge in [-0.25, -0.2) is 9.67 Å². The molecule has 0 amide bonds. The third-order valence-corrected chi connectivity index (χ3v) is 4.64. The first-order chi connectivity index (χ1) is 15.0. The van der Waals surface area contributed by atoms with E-state index in [0.29, 0.717) is 29.4 Å². The Labute approximate surface area is 176 Å². The lowest BCUT2D eigenvalue weighted by atomic mass is 10.1. The number of pyridine rings is 1. The van der Waals surface area contributed by atoms with Gasteiger partial charge in [-0.3, -0.25) is 0 Å². The molecule has 0 aliphatic heterocycles. The minimum atomic E-state index is -4.58. The Morgan fingerprint density at radius 1 is 0.935 bits per heavy atom. The Morgan fingerprint density at radius 2 is 1.74 bits per heavy atom. The van der Waals surface area contributed by atoms with Crippen LogP contribution in [0.15, 0.2) is 79.1 Å². The van der Waals surface area contributed by atoms with Crippen LogP contribution in [0.3, 0.4) is 0 Å². The third kappa shape index (κ3) is 4.37. The summed E-state index contributed by atoms with van der Waals surface area (Å²) in [5.41, 5.74) is 1.01. The first-order valence-corrected chi connectivity index (χ1v) is 9.39. The zero-order valence-corrected chi connectivity index (χ0v) is 16.5. The highest BCUT2D eigenvalue weighted by molar-refractivity contribution is 5.71. The van der Waals surface area contributed by atoms with Gasteiger partial charge < -0.3 is 9.47 Å². The largest absolute Gasteiger partial charge is 0.497 e. The number of benzene rings is 2. The zero-order valence-electron chi connectivity index (χ0n) is 16.5. The second-order valence-electron chi connectivity index (χ2n) is 6.64. The summed E-state index contributed by atoms with van der Waals surface area (Å²) in [5.74, 6) is 0.703. The van der Waals surface area contributed by atoms with E-state index in [9.17, 15) is 13.2 Å². The first kappa shape index (κ1) is 20.5. The number of nitrogens with zero attached hydrogens (tertiary/aromatic N) is 3. The molecule has 4 rings (SSSR count). The van der Waals surface area contributed by atoms with Crippen LogP contribution in [0.2, 0.25) is 0 Å². The summed E-state index contributed by atoms with van der Waals surface area (Å²) in [7, 11) is 1.52. The van der Waals surface area contributed by atoms with Gasteiger partial charge in [-0.2, -0.15) is 18.3 Å². The number of halogens is 3. The topological polar surface area (TPSA) is 49.2 Å². The van der Waals surface area contributed by atoms with Crippen molar-refractivity contribution < 1.29 is 22.6 Å². The van der Waals surface area contributed by atoms with Crippen molar-refractivity contribution in [2.75, 3.05) is 7.11 Å². The van der Waals surface area contributed by atoms with Gasteiger partial charge in [0, 0.05) is 11.8 Å². The van der Waals surface area contributed by atoms with E-state index >= 15 is 0 Å². The highest BCUT2D eigenvalue weighted by Gasteiger charge is 2.35. The molecule has 31 heavy (non-hydrogen) atoms. The fourth-order valence-electron chi connectivity index (χ4n) is 3.16. The van der Waals surface area contributed by atoms with Gasteiger partial charge in [-0.05, 0) is 42.0 Å². The second kappa shape index (κ2) is 8.51. The average Bonchev–Trinajstić information content (AvgIpc) is 3.27. The molecule has 0 saturated heterocycles. The number of hydrogen-bond donors (Lipinski definition) is 0. The molecule has 0 spiro atoms. The van der Waals surface area contributed by atoms with Crippen LogP contribution in [0.4, 0.5) is 13.2 Å². The summed E-state index contributed by atoms with van der Waals surface area (Å²) in [5, 5.41) is 4.11. The Kier molecular flexibility index (Phi) is 5.62. The first-order valence-electron chi connectivity index (χ1n) is 9.39. The van der Waals surface area contributed by atoms with Crippen LogP contribution < -0.4 is 9.47 Å². The summed E-state index contributed by atoms with van der Waals surface area (Å²) in [6.07, 6.45) is -1.85. The lowest BCUT2D eigenvalue weighted by Crippen LogP contribution is -2.14. The monoisotopic (exact) mass is 425 g/mol. The van der Waals surface area contributed by atoms with Crippen molar-refractivity contribution in [2.24, 2.45) is 0 Å². The molecule has 0 N–H and O–H groups in total. The SMILES string of the molecule is COc1ccc(OCc2ccccc2)c(-c2ccnn2-c2ncccc2C(F)(F)F)c1. The van der Waals surface area contributed by atoms with E-state index in [1.54, 1.807) is 24.3 Å². The van der Waals surface area contributed by atoms with E-state index in [1.807, 2.05) is 30.3 Å². The quantitative estimate of drug-likeness (QED) is 0.407. The predicted molar refractivity (Wildman–Crippen MR) is 109 cm³/mol. The molecule has 2 aromatic carbocycles. The summed E-state index contributed by atoms with van der Waals surface area (Å²) >= 11 is 0. The molecule has 5 nitrogen and oxygen atoms in total. The van der Waals surface area contributed by atoms with Gasteiger partial charge in [0.15, 0.2) is 5.82 Å². The standard InChI is InChI=1S/C23H18F3N3O2/c1-30-17-9-10-21(31-15-16-6-3-2-4-7-16)18(14-17)20-11-13-28-29(20)22-19(23(24,25)26)8-5-12-27-22/h2-14H,15H2,1H3. The Hall–Kier alpha value is -3.81. The molecule has 0 atom stereocenters. The highest BCUT2D eigenvalue weighted by Crippen LogP contribution is 2.37. The molecule has 2 heterocycles. The van der Waals surface area contributed by atoms with Crippen LogP contribution in [0.25, 0.3) is 17.1 Å². The van der Waals surface area contributed by atoms with Crippen LogP contribution in [-0.2, 0) is 12.8 Å². The van der Waals surface area contributed by atoms with Gasteiger partial charge in [-0.1, -0.05) is 30.3 Å². The molecule has 0 fully saturated rings. The Morgan fingerprint density at radius 3 is 2.48 bits per heavy atom. The normalized spacial score (nSPS) is 11.4. The maximum absolute atomic E-state index is 13.6. The van der Waals surface area contributed by atoms with Crippen LogP contribution in [-0.4, -0.2) is 21.9 Å². The maximum atomic E-state index is 13.6. The van der Waals surface area contributed by atoms with Crippen LogP contribution in [0, 0.1) is 0 Å². The number of methoxy groups -OCH3 is 1. The van der Waals surface area contributed by atoms with Crippen molar-refractivity contribution in [2.45, 2.75) is 12.8 Å². The minimum Gasteiger partial charge on any atom is -0.497 e. The number of aromatic nitrogens is 3. The van der Waals surface area contributed by atoms with Crippen molar-refractivity contribution >= 4 is 0 Å². The molecule has 158 valence electrons. The van der Waals surface area contributed by atoms with Crippen molar-refractivity contribution in [1.82, 2.24) is 14.8 Å². The van der Waals surface area contributed by atoms with Gasteiger partial charge >= 0.3 is 6.18 Å². The number of rotatable bonds is 6. The van der Waals surface area contributed by atoms with E-state index in [2.05, 4.69) is 10.1 Å². The molecule has 0 aliphatic rings. The number of ether oxygens (including phenoxy) is 2. The summed E-state index contributed by atoms with van der Waals surface area (Å²) in [6, 6.07) is 18.6. The number of alkyl halides is 3. The zero-order chi connectivity index (χ0) is 21.8. The van der Waals surface area contributed by atoms with Gasteiger partial charge in [0.25, 0.3) is 0 Å². The number of hydrogen-bond acceptors (Lipinski definition) is 4. The summed E-state index contributed by atoms with van der Waals surface area (Å²) in [6.45, 7) is 0.297. The van der Waals surface area contributed by atoms with Crippen molar-refractivity contribution in [1.29, 1.82) is 0 Å². The van der Waals surface area contributed by atoms with Crippen molar-refractivity contribution in [3.8, 4) is 28.6 Å². The van der Waals surface area contributed by atoms with Crippen LogP contribution in [0.5, 0.6) is 11.5 Å². The predicted octanol–water partition coefficient (Wildman–Crippen LogP) is 5.54. The molecular formula is C23H18F3N3O2. The van der Waals surface area contributed by atoms with E-state index in [-0.39, 0.29) is 5.82 Å². The van der Waals surface area contributed by atoms with E-state index < -0.39 is 11.7 Å². The van der Waals surface area contributed by atoms with E-state index in [0.717, 1.165) is 16.3 Å². The average molecular weight is 425 g/mol. The van der Waals surface area contributed by atoms with Crippen molar-refractivity contribution in [3.05, 3.63) is 90.3 Å². The summed E-state index contributed by atoms with van der Waals surface area (Å²) in [4.78, 5) is 3.95. The van der Waals surface area contributed by atoms with E-state index in [1.165, 1.54) is 25.6 Å². The molecule has 0 radical (unpaired) electrons. The maximum Gasteiger partial charge on any atom is 0.420 e. The molecule has 0 saturated carbocycles. The third-order valence-electron chi connectivity index (χ3n) is 4.64. The fraction of sp³-hybridized carbons (Fsp3) is 0.130.